The highest BCUT2D eigenvalue weighted by Gasteiger charge is 2.20. The van der Waals surface area contributed by atoms with Crippen molar-refractivity contribution in [3.63, 3.8) is 0 Å². The van der Waals surface area contributed by atoms with E-state index >= 15 is 0 Å². The molecule has 1 aliphatic rings. The highest BCUT2D eigenvalue weighted by atomic mass is 15.0. The molecule has 3 nitrogen and oxygen atoms in total. The molecule has 0 spiro atoms. The normalized spacial score (nSPS) is 21.3. The van der Waals surface area contributed by atoms with Gasteiger partial charge in [-0.3, -0.25) is 0 Å². The van der Waals surface area contributed by atoms with Gasteiger partial charge in [-0.2, -0.15) is 0 Å². The van der Waals surface area contributed by atoms with Crippen molar-refractivity contribution in [2.45, 2.75) is 19.3 Å². The molecule has 0 saturated carbocycles. The number of nitrogens with zero attached hydrogens (tertiary/aromatic N) is 2. The fourth-order valence-electron chi connectivity index (χ4n) is 2.32. The molecule has 0 aromatic carbocycles. The van der Waals surface area contributed by atoms with E-state index in [9.17, 15) is 0 Å². The quantitative estimate of drug-likeness (QED) is 0.761. The van der Waals surface area contributed by atoms with Crippen LogP contribution < -0.4 is 5.32 Å². The first-order chi connectivity index (χ1) is 7.34. The summed E-state index contributed by atoms with van der Waals surface area (Å²) in [7, 11) is 0. The Kier molecular flexibility index (Phi) is 1.99. The maximum Gasteiger partial charge on any atom is 0.0995 e. The summed E-state index contributed by atoms with van der Waals surface area (Å²) in [6.45, 7) is 4.32. The van der Waals surface area contributed by atoms with E-state index in [1.165, 1.54) is 23.2 Å². The largest absolute Gasteiger partial charge is 0.316 e. The Hall–Kier alpha value is -1.35. The minimum Gasteiger partial charge on any atom is -0.316 e. The van der Waals surface area contributed by atoms with E-state index in [0.717, 1.165) is 13.1 Å². The van der Waals surface area contributed by atoms with Gasteiger partial charge in [0.2, 0.25) is 0 Å². The molecule has 1 fully saturated rings. The van der Waals surface area contributed by atoms with Crippen LogP contribution in [0.2, 0.25) is 0 Å². The second-order valence-electron chi connectivity index (χ2n) is 4.32. The number of hydrogen-bond acceptors (Lipinski definition) is 2. The molecule has 1 saturated heterocycles. The lowest BCUT2D eigenvalue weighted by atomic mass is 10.0. The summed E-state index contributed by atoms with van der Waals surface area (Å²) < 4.78 is 2.11. The number of aryl methyl sites for hydroxylation is 1. The van der Waals surface area contributed by atoms with E-state index in [-0.39, 0.29) is 0 Å². The van der Waals surface area contributed by atoms with Crippen LogP contribution in [0, 0.1) is 6.92 Å². The Morgan fingerprint density at radius 2 is 2.47 bits per heavy atom. The van der Waals surface area contributed by atoms with Crippen molar-refractivity contribution < 1.29 is 0 Å². The third-order valence-electron chi connectivity index (χ3n) is 3.17. The van der Waals surface area contributed by atoms with Crippen molar-refractivity contribution in [3.8, 4) is 0 Å². The molecule has 1 N–H and O–H groups in total. The van der Waals surface area contributed by atoms with Gasteiger partial charge in [-0.15, -0.1) is 0 Å². The summed E-state index contributed by atoms with van der Waals surface area (Å²) in [4.78, 5) is 4.54. The van der Waals surface area contributed by atoms with E-state index in [0.29, 0.717) is 5.92 Å². The average molecular weight is 201 g/mol. The Balaban J connectivity index is 2.13. The van der Waals surface area contributed by atoms with E-state index in [1.54, 1.807) is 0 Å². The Morgan fingerprint density at radius 3 is 3.27 bits per heavy atom. The minimum absolute atomic E-state index is 0.594. The van der Waals surface area contributed by atoms with Crippen LogP contribution in [0.3, 0.4) is 0 Å². The van der Waals surface area contributed by atoms with Gasteiger partial charge in [-0.05, 0) is 37.6 Å². The third-order valence-corrected chi connectivity index (χ3v) is 3.17. The summed E-state index contributed by atoms with van der Waals surface area (Å²) >= 11 is 0. The van der Waals surface area contributed by atoms with Crippen molar-refractivity contribution >= 4 is 5.52 Å². The van der Waals surface area contributed by atoms with Crippen LogP contribution in [0.5, 0.6) is 0 Å². The first kappa shape index (κ1) is 8.92. The SMILES string of the molecule is Cc1ccn2cnc(C3CCNC3)c2c1. The topological polar surface area (TPSA) is 29.3 Å². The molecule has 15 heavy (non-hydrogen) atoms. The van der Waals surface area contributed by atoms with Crippen molar-refractivity contribution in [2.24, 2.45) is 0 Å². The number of rotatable bonds is 1. The molecule has 0 amide bonds. The predicted molar refractivity (Wildman–Crippen MR) is 60.2 cm³/mol. The first-order valence-corrected chi connectivity index (χ1v) is 5.48. The summed E-state index contributed by atoms with van der Waals surface area (Å²) in [5.41, 5.74) is 3.82. The van der Waals surface area contributed by atoms with Crippen LogP contribution >= 0.6 is 0 Å². The van der Waals surface area contributed by atoms with Gasteiger partial charge in [0, 0.05) is 18.7 Å². The Labute approximate surface area is 89.1 Å². The summed E-state index contributed by atoms with van der Waals surface area (Å²) in [5.74, 6) is 0.594. The van der Waals surface area contributed by atoms with Crippen LogP contribution in [0.1, 0.15) is 23.6 Å². The zero-order valence-electron chi connectivity index (χ0n) is 8.90. The molecule has 0 bridgehead atoms. The van der Waals surface area contributed by atoms with Gasteiger partial charge in [-0.25, -0.2) is 4.98 Å². The van der Waals surface area contributed by atoms with E-state index in [4.69, 9.17) is 0 Å². The molecule has 3 rings (SSSR count). The van der Waals surface area contributed by atoms with Crippen molar-refractivity contribution in [2.75, 3.05) is 13.1 Å². The lowest BCUT2D eigenvalue weighted by Crippen LogP contribution is -2.08. The molecule has 0 radical (unpaired) electrons. The van der Waals surface area contributed by atoms with Gasteiger partial charge in [0.1, 0.15) is 0 Å². The molecule has 3 heteroatoms. The zero-order valence-corrected chi connectivity index (χ0v) is 8.90. The van der Waals surface area contributed by atoms with Crippen molar-refractivity contribution in [3.05, 3.63) is 35.9 Å². The maximum absolute atomic E-state index is 4.54. The number of nitrogens with one attached hydrogen (secondary N) is 1. The Bertz CT molecular complexity index is 481. The number of hydrogen-bond donors (Lipinski definition) is 1. The number of pyridine rings is 1. The number of fused-ring (bicyclic) bond motifs is 1. The maximum atomic E-state index is 4.54. The molecule has 2 aromatic rings. The van der Waals surface area contributed by atoms with Crippen molar-refractivity contribution in [1.29, 1.82) is 0 Å². The number of imidazole rings is 1. The van der Waals surface area contributed by atoms with E-state index in [2.05, 4.69) is 40.0 Å². The standard InChI is InChI=1S/C12H15N3/c1-9-3-5-15-8-14-12(11(15)6-9)10-2-4-13-7-10/h3,5-6,8,10,13H,2,4,7H2,1H3. The van der Waals surface area contributed by atoms with E-state index in [1.807, 2.05) is 6.33 Å². The molecule has 2 aromatic heterocycles. The smallest absolute Gasteiger partial charge is 0.0995 e. The monoisotopic (exact) mass is 201 g/mol. The fraction of sp³-hybridized carbons (Fsp3) is 0.417. The van der Waals surface area contributed by atoms with Gasteiger partial charge in [0.25, 0.3) is 0 Å². The van der Waals surface area contributed by atoms with Gasteiger partial charge < -0.3 is 9.72 Å². The molecule has 78 valence electrons. The summed E-state index contributed by atoms with van der Waals surface area (Å²) in [6.07, 6.45) is 5.21. The highest BCUT2D eigenvalue weighted by molar-refractivity contribution is 5.55. The lowest BCUT2D eigenvalue weighted by Gasteiger charge is -2.05. The molecule has 1 aliphatic heterocycles. The van der Waals surface area contributed by atoms with Crippen LogP contribution in [-0.4, -0.2) is 22.5 Å². The fourth-order valence-corrected chi connectivity index (χ4v) is 2.32. The predicted octanol–water partition coefficient (Wildman–Crippen LogP) is 1.72. The highest BCUT2D eigenvalue weighted by Crippen LogP contribution is 2.25. The Morgan fingerprint density at radius 1 is 1.53 bits per heavy atom. The van der Waals surface area contributed by atoms with Crippen LogP contribution in [-0.2, 0) is 0 Å². The minimum atomic E-state index is 0.594. The molecule has 3 heterocycles. The second kappa shape index (κ2) is 3.35. The van der Waals surface area contributed by atoms with Crippen LogP contribution in [0.25, 0.3) is 5.52 Å². The van der Waals surface area contributed by atoms with E-state index < -0.39 is 0 Å². The third kappa shape index (κ3) is 1.43. The number of aromatic nitrogens is 2. The molecule has 1 unspecified atom stereocenters. The first-order valence-electron chi connectivity index (χ1n) is 5.48. The van der Waals surface area contributed by atoms with Gasteiger partial charge >= 0.3 is 0 Å². The van der Waals surface area contributed by atoms with Crippen LogP contribution in [0.4, 0.5) is 0 Å². The zero-order chi connectivity index (χ0) is 10.3. The molecule has 0 aliphatic carbocycles. The summed E-state index contributed by atoms with van der Waals surface area (Å²) in [5, 5.41) is 3.39. The molecular weight excluding hydrogens is 186 g/mol. The summed E-state index contributed by atoms with van der Waals surface area (Å²) in [6, 6.07) is 4.34. The van der Waals surface area contributed by atoms with Crippen molar-refractivity contribution in [1.82, 2.24) is 14.7 Å². The van der Waals surface area contributed by atoms with Gasteiger partial charge in [-0.1, -0.05) is 0 Å². The average Bonchev–Trinajstić information content (AvgIpc) is 2.83. The lowest BCUT2D eigenvalue weighted by molar-refractivity contribution is 0.747. The molecular formula is C12H15N3. The second-order valence-corrected chi connectivity index (χ2v) is 4.32. The van der Waals surface area contributed by atoms with Crippen LogP contribution in [0.15, 0.2) is 24.7 Å². The molecule has 1 atom stereocenters. The van der Waals surface area contributed by atoms with Gasteiger partial charge in [0.15, 0.2) is 0 Å². The van der Waals surface area contributed by atoms with Gasteiger partial charge in [0.05, 0.1) is 17.5 Å².